The molecule has 1 N–H and O–H groups in total. The highest BCUT2D eigenvalue weighted by molar-refractivity contribution is 8.01. The van der Waals surface area contributed by atoms with Gasteiger partial charge in [0.2, 0.25) is 0 Å². The van der Waals surface area contributed by atoms with E-state index in [1.165, 1.54) is 10.5 Å². The van der Waals surface area contributed by atoms with Crippen molar-refractivity contribution >= 4 is 32.9 Å². The summed E-state index contributed by atoms with van der Waals surface area (Å²) in [5.74, 6) is 1.20. The zero-order valence-electron chi connectivity index (χ0n) is 8.60. The fourth-order valence-electron chi connectivity index (χ4n) is 0.952. The molecule has 1 aromatic heterocycles. The maximum atomic E-state index is 10.8. The van der Waals surface area contributed by atoms with Gasteiger partial charge in [0, 0.05) is 25.1 Å². The van der Waals surface area contributed by atoms with Crippen molar-refractivity contribution in [2.45, 2.75) is 4.21 Å². The molecule has 0 amide bonds. The quantitative estimate of drug-likeness (QED) is 0.599. The lowest BCUT2D eigenvalue weighted by molar-refractivity contribution is 0.598. The first kappa shape index (κ1) is 13.0. The van der Waals surface area contributed by atoms with Gasteiger partial charge in [-0.05, 0) is 11.4 Å². The van der Waals surface area contributed by atoms with Crippen LogP contribution in [-0.2, 0) is 9.84 Å². The van der Waals surface area contributed by atoms with E-state index in [-0.39, 0.29) is 5.75 Å². The van der Waals surface area contributed by atoms with Crippen LogP contribution in [0.3, 0.4) is 0 Å². The van der Waals surface area contributed by atoms with Crippen LogP contribution in [0.1, 0.15) is 0 Å². The number of hydrogen-bond donors (Lipinski definition) is 1. The molecule has 6 heteroatoms. The Morgan fingerprint density at radius 3 is 2.87 bits per heavy atom. The highest BCUT2D eigenvalue weighted by atomic mass is 32.2. The lowest BCUT2D eigenvalue weighted by Gasteiger charge is -2.02. The topological polar surface area (TPSA) is 46.2 Å². The standard InChI is InChI=1S/C9H15NO2S3/c1-15(11,12)8-5-10-4-7-14-9-3-2-6-13-9/h2-3,6,10H,4-5,7-8H2,1H3. The summed E-state index contributed by atoms with van der Waals surface area (Å²) >= 11 is 3.52. The Morgan fingerprint density at radius 1 is 1.47 bits per heavy atom. The second-order valence-electron chi connectivity index (χ2n) is 3.16. The molecule has 0 bridgehead atoms. The average Bonchev–Trinajstić information content (AvgIpc) is 2.61. The first-order valence-electron chi connectivity index (χ1n) is 4.63. The van der Waals surface area contributed by atoms with Crippen LogP contribution >= 0.6 is 23.1 Å². The Morgan fingerprint density at radius 2 is 2.27 bits per heavy atom. The second kappa shape index (κ2) is 6.52. The maximum absolute atomic E-state index is 10.8. The molecule has 0 saturated heterocycles. The van der Waals surface area contributed by atoms with Gasteiger partial charge in [-0.25, -0.2) is 8.42 Å². The summed E-state index contributed by atoms with van der Waals surface area (Å²) in [6, 6.07) is 4.12. The maximum Gasteiger partial charge on any atom is 0.148 e. The molecule has 86 valence electrons. The van der Waals surface area contributed by atoms with Gasteiger partial charge in [0.1, 0.15) is 9.84 Å². The molecule has 1 aromatic rings. The third-order valence-electron chi connectivity index (χ3n) is 1.67. The van der Waals surface area contributed by atoms with Crippen LogP contribution in [0.15, 0.2) is 21.7 Å². The Balaban J connectivity index is 1.99. The molecule has 0 fully saturated rings. The van der Waals surface area contributed by atoms with Gasteiger partial charge in [0.05, 0.1) is 9.96 Å². The van der Waals surface area contributed by atoms with Gasteiger partial charge in [0.25, 0.3) is 0 Å². The fraction of sp³-hybridized carbons (Fsp3) is 0.556. The van der Waals surface area contributed by atoms with Crippen molar-refractivity contribution in [1.82, 2.24) is 5.32 Å². The monoisotopic (exact) mass is 265 g/mol. The Kier molecular flexibility index (Phi) is 5.66. The van der Waals surface area contributed by atoms with E-state index in [1.807, 2.05) is 6.07 Å². The van der Waals surface area contributed by atoms with E-state index in [9.17, 15) is 8.42 Å². The lowest BCUT2D eigenvalue weighted by atomic mass is 10.7. The smallest absolute Gasteiger partial charge is 0.148 e. The average molecular weight is 265 g/mol. The first-order valence-corrected chi connectivity index (χ1v) is 8.55. The fourth-order valence-corrected chi connectivity index (χ4v) is 3.23. The molecule has 15 heavy (non-hydrogen) atoms. The Hall–Kier alpha value is -0.0400. The molecule has 0 aliphatic rings. The van der Waals surface area contributed by atoms with E-state index in [2.05, 4.69) is 16.8 Å². The van der Waals surface area contributed by atoms with Crippen LogP contribution in [0, 0.1) is 0 Å². The van der Waals surface area contributed by atoms with E-state index in [4.69, 9.17) is 0 Å². The summed E-state index contributed by atoms with van der Waals surface area (Å²) in [7, 11) is -2.82. The minimum absolute atomic E-state index is 0.219. The molecule has 0 aromatic carbocycles. The molecule has 0 aliphatic heterocycles. The third-order valence-corrected chi connectivity index (χ3v) is 4.75. The SMILES string of the molecule is CS(=O)(=O)CCNCCSc1cccs1. The van der Waals surface area contributed by atoms with Crippen molar-refractivity contribution in [1.29, 1.82) is 0 Å². The van der Waals surface area contributed by atoms with Crippen molar-refractivity contribution in [3.05, 3.63) is 17.5 Å². The van der Waals surface area contributed by atoms with Gasteiger partial charge < -0.3 is 5.32 Å². The molecule has 1 rings (SSSR count). The molecule has 0 saturated carbocycles. The zero-order chi connectivity index (χ0) is 11.1. The minimum Gasteiger partial charge on any atom is -0.315 e. The van der Waals surface area contributed by atoms with Gasteiger partial charge in [0.15, 0.2) is 0 Å². The minimum atomic E-state index is -2.82. The summed E-state index contributed by atoms with van der Waals surface area (Å²) < 4.78 is 22.9. The largest absolute Gasteiger partial charge is 0.315 e. The van der Waals surface area contributed by atoms with Crippen molar-refractivity contribution < 1.29 is 8.42 Å². The molecule has 0 unspecified atom stereocenters. The first-order chi connectivity index (χ1) is 7.08. The van der Waals surface area contributed by atoms with Gasteiger partial charge in [-0.3, -0.25) is 0 Å². The highest BCUT2D eigenvalue weighted by Gasteiger charge is 2.00. The van der Waals surface area contributed by atoms with E-state index in [1.54, 1.807) is 23.1 Å². The Bertz CT molecular complexity index is 359. The van der Waals surface area contributed by atoms with Crippen LogP contribution in [-0.4, -0.2) is 39.3 Å². The number of thioether (sulfide) groups is 1. The Labute approximate surface area is 99.2 Å². The van der Waals surface area contributed by atoms with Crippen molar-refractivity contribution in [2.24, 2.45) is 0 Å². The molecular formula is C9H15NO2S3. The number of sulfone groups is 1. The van der Waals surface area contributed by atoms with Gasteiger partial charge >= 0.3 is 0 Å². The van der Waals surface area contributed by atoms with Gasteiger partial charge in [-0.1, -0.05) is 6.07 Å². The molecule has 0 spiro atoms. The molecule has 0 atom stereocenters. The summed E-state index contributed by atoms with van der Waals surface area (Å²) in [6.07, 6.45) is 1.26. The predicted octanol–water partition coefficient (Wildman–Crippen LogP) is 1.47. The van der Waals surface area contributed by atoms with Crippen LogP contribution in [0.4, 0.5) is 0 Å². The number of thiophene rings is 1. The molecule has 3 nitrogen and oxygen atoms in total. The lowest BCUT2D eigenvalue weighted by Crippen LogP contribution is -2.24. The summed E-state index contributed by atoms with van der Waals surface area (Å²) in [6.45, 7) is 1.39. The normalized spacial score (nSPS) is 11.8. The van der Waals surface area contributed by atoms with E-state index in [0.29, 0.717) is 6.54 Å². The van der Waals surface area contributed by atoms with Crippen LogP contribution in [0.5, 0.6) is 0 Å². The van der Waals surface area contributed by atoms with Crippen molar-refractivity contribution in [2.75, 3.05) is 30.9 Å². The summed E-state index contributed by atoms with van der Waals surface area (Å²) in [5.41, 5.74) is 0. The van der Waals surface area contributed by atoms with Gasteiger partial charge in [-0.15, -0.1) is 23.1 Å². The number of rotatable bonds is 7. The van der Waals surface area contributed by atoms with Crippen LogP contribution < -0.4 is 5.32 Å². The molecule has 0 aliphatic carbocycles. The van der Waals surface area contributed by atoms with Gasteiger partial charge in [-0.2, -0.15) is 0 Å². The third kappa shape index (κ3) is 6.94. The zero-order valence-corrected chi connectivity index (χ0v) is 11.1. The molecule has 0 radical (unpaired) electrons. The summed E-state index contributed by atoms with van der Waals surface area (Å²) in [5, 5.41) is 5.16. The van der Waals surface area contributed by atoms with Crippen molar-refractivity contribution in [3.63, 3.8) is 0 Å². The van der Waals surface area contributed by atoms with Crippen molar-refractivity contribution in [3.8, 4) is 0 Å². The molecular weight excluding hydrogens is 250 g/mol. The molecule has 1 heterocycles. The van der Waals surface area contributed by atoms with Crippen LogP contribution in [0.2, 0.25) is 0 Å². The highest BCUT2D eigenvalue weighted by Crippen LogP contribution is 2.22. The van der Waals surface area contributed by atoms with E-state index < -0.39 is 9.84 Å². The van der Waals surface area contributed by atoms with Crippen LogP contribution in [0.25, 0.3) is 0 Å². The second-order valence-corrected chi connectivity index (χ2v) is 7.76. The van der Waals surface area contributed by atoms with E-state index >= 15 is 0 Å². The van der Waals surface area contributed by atoms with E-state index in [0.717, 1.165) is 12.3 Å². The number of hydrogen-bond acceptors (Lipinski definition) is 5. The summed E-state index contributed by atoms with van der Waals surface area (Å²) in [4.78, 5) is 0. The number of nitrogens with one attached hydrogen (secondary N) is 1. The predicted molar refractivity (Wildman–Crippen MR) is 67.6 cm³/mol.